The van der Waals surface area contributed by atoms with Crippen LogP contribution < -0.4 is 15.4 Å². The molecule has 0 saturated carbocycles. The van der Waals surface area contributed by atoms with Gasteiger partial charge in [0.15, 0.2) is 11.6 Å². The van der Waals surface area contributed by atoms with E-state index in [4.69, 9.17) is 10.5 Å². The smallest absolute Gasteiger partial charge is 0.165 e. The number of nitrogens with two attached hydrogens (primary N) is 1. The predicted octanol–water partition coefficient (Wildman–Crippen LogP) is 2.29. The summed E-state index contributed by atoms with van der Waals surface area (Å²) in [5.74, 6) is 0.733. The monoisotopic (exact) mass is 355 g/mol. The van der Waals surface area contributed by atoms with Gasteiger partial charge in [-0.1, -0.05) is 0 Å². The third-order valence-corrected chi connectivity index (χ3v) is 4.63. The fourth-order valence-electron chi connectivity index (χ4n) is 3.40. The zero-order chi connectivity index (χ0) is 18.3. The van der Waals surface area contributed by atoms with Crippen molar-refractivity contribution in [2.75, 3.05) is 18.0 Å². The molecule has 0 amide bonds. The van der Waals surface area contributed by atoms with Gasteiger partial charge in [0.25, 0.3) is 0 Å². The van der Waals surface area contributed by atoms with Crippen LogP contribution in [0.25, 0.3) is 0 Å². The van der Waals surface area contributed by atoms with Gasteiger partial charge in [-0.15, -0.1) is 0 Å². The Morgan fingerprint density at radius 3 is 2.85 bits per heavy atom. The standard InChI is InChI=1S/C19H22FN5O/c1-11(2)26-17-6-14-12(5-15(17)20)8-22-19(14)16-7-18(24-10-23-16)25-4-3-13(21)9-25/h5-7,10-11,13H,3-4,8-9,21H2,1-2H3/t13-/m0/s1. The maximum absolute atomic E-state index is 14.2. The fourth-order valence-corrected chi connectivity index (χ4v) is 3.40. The van der Waals surface area contributed by atoms with Gasteiger partial charge in [0.1, 0.15) is 12.1 Å². The number of anilines is 1. The van der Waals surface area contributed by atoms with Crippen LogP contribution in [0.5, 0.6) is 5.75 Å². The fraction of sp³-hybridized carbons (Fsp3) is 0.421. The first kappa shape index (κ1) is 16.9. The van der Waals surface area contributed by atoms with Crippen LogP contribution in [-0.2, 0) is 6.54 Å². The van der Waals surface area contributed by atoms with E-state index in [9.17, 15) is 4.39 Å². The minimum absolute atomic E-state index is 0.102. The lowest BCUT2D eigenvalue weighted by Crippen LogP contribution is -2.27. The van der Waals surface area contributed by atoms with Gasteiger partial charge in [0.2, 0.25) is 0 Å². The van der Waals surface area contributed by atoms with Gasteiger partial charge < -0.3 is 15.4 Å². The summed E-state index contributed by atoms with van der Waals surface area (Å²) in [6.07, 6.45) is 2.40. The van der Waals surface area contributed by atoms with Crippen LogP contribution in [0, 0.1) is 5.82 Å². The molecule has 7 heteroatoms. The minimum Gasteiger partial charge on any atom is -0.488 e. The molecule has 2 N–H and O–H groups in total. The molecule has 1 saturated heterocycles. The van der Waals surface area contributed by atoms with E-state index in [-0.39, 0.29) is 23.7 Å². The SMILES string of the molecule is CC(C)Oc1cc2c(cc1F)CN=C2c1cc(N2CC[C@H](N)C2)ncn1. The van der Waals surface area contributed by atoms with E-state index in [0.717, 1.165) is 47.9 Å². The lowest BCUT2D eigenvalue weighted by molar-refractivity contribution is 0.231. The molecule has 0 unspecified atom stereocenters. The highest BCUT2D eigenvalue weighted by atomic mass is 19.1. The second-order valence-corrected chi connectivity index (χ2v) is 7.03. The lowest BCUT2D eigenvalue weighted by Gasteiger charge is -2.17. The number of nitrogens with zero attached hydrogens (tertiary/aromatic N) is 4. The molecule has 2 aromatic rings. The van der Waals surface area contributed by atoms with Crippen molar-refractivity contribution in [2.45, 2.75) is 39.0 Å². The molecule has 3 heterocycles. The first-order chi connectivity index (χ1) is 12.5. The van der Waals surface area contributed by atoms with E-state index < -0.39 is 0 Å². The molecule has 6 nitrogen and oxygen atoms in total. The Morgan fingerprint density at radius 2 is 2.12 bits per heavy atom. The maximum Gasteiger partial charge on any atom is 0.165 e. The molecule has 0 bridgehead atoms. The maximum atomic E-state index is 14.2. The Bertz CT molecular complexity index is 867. The Kier molecular flexibility index (Phi) is 4.32. The van der Waals surface area contributed by atoms with Gasteiger partial charge in [0.05, 0.1) is 24.1 Å². The molecule has 2 aliphatic heterocycles. The summed E-state index contributed by atoms with van der Waals surface area (Å²) in [5.41, 5.74) is 9.19. The van der Waals surface area contributed by atoms with E-state index in [1.165, 1.54) is 6.07 Å². The summed E-state index contributed by atoms with van der Waals surface area (Å²) in [4.78, 5) is 15.5. The highest BCUT2D eigenvalue weighted by Crippen LogP contribution is 2.30. The van der Waals surface area contributed by atoms with E-state index >= 15 is 0 Å². The Labute approximate surface area is 151 Å². The first-order valence-corrected chi connectivity index (χ1v) is 8.88. The summed E-state index contributed by atoms with van der Waals surface area (Å²) in [6.45, 7) is 5.87. The summed E-state index contributed by atoms with van der Waals surface area (Å²) < 4.78 is 19.8. The van der Waals surface area contributed by atoms with Crippen LogP contribution in [0.3, 0.4) is 0 Å². The van der Waals surface area contributed by atoms with E-state index in [1.54, 1.807) is 12.4 Å². The molecule has 1 fully saturated rings. The zero-order valence-corrected chi connectivity index (χ0v) is 14.9. The number of benzene rings is 1. The summed E-state index contributed by atoms with van der Waals surface area (Å²) in [7, 11) is 0. The number of aromatic nitrogens is 2. The molecular formula is C19H22FN5O. The van der Waals surface area contributed by atoms with E-state index in [2.05, 4.69) is 19.9 Å². The van der Waals surface area contributed by atoms with Crippen molar-refractivity contribution in [1.29, 1.82) is 0 Å². The molecule has 1 aromatic carbocycles. The number of hydrogen-bond donors (Lipinski definition) is 1. The third kappa shape index (κ3) is 3.14. The van der Waals surface area contributed by atoms with Crippen molar-refractivity contribution < 1.29 is 9.13 Å². The normalized spacial score (nSPS) is 19.0. The quantitative estimate of drug-likeness (QED) is 0.911. The van der Waals surface area contributed by atoms with Gasteiger partial charge in [0, 0.05) is 30.8 Å². The number of halogens is 1. The molecular weight excluding hydrogens is 333 g/mol. The Morgan fingerprint density at radius 1 is 1.27 bits per heavy atom. The zero-order valence-electron chi connectivity index (χ0n) is 14.9. The summed E-state index contributed by atoms with van der Waals surface area (Å²) in [5, 5.41) is 0. The van der Waals surface area contributed by atoms with Gasteiger partial charge in [-0.25, -0.2) is 14.4 Å². The highest BCUT2D eigenvalue weighted by Gasteiger charge is 2.25. The van der Waals surface area contributed by atoms with Crippen molar-refractivity contribution in [3.8, 4) is 5.75 Å². The van der Waals surface area contributed by atoms with Gasteiger partial charge in [-0.3, -0.25) is 4.99 Å². The van der Waals surface area contributed by atoms with Crippen molar-refractivity contribution in [3.05, 3.63) is 47.2 Å². The van der Waals surface area contributed by atoms with Crippen molar-refractivity contribution in [1.82, 2.24) is 9.97 Å². The number of ether oxygens (including phenoxy) is 1. The van der Waals surface area contributed by atoms with Crippen LogP contribution >= 0.6 is 0 Å². The average molecular weight is 355 g/mol. The summed E-state index contributed by atoms with van der Waals surface area (Å²) in [6, 6.07) is 5.34. The molecule has 0 aliphatic carbocycles. The molecule has 1 atom stereocenters. The third-order valence-electron chi connectivity index (χ3n) is 4.63. The predicted molar refractivity (Wildman–Crippen MR) is 98.3 cm³/mol. The molecule has 136 valence electrons. The molecule has 2 aliphatic rings. The van der Waals surface area contributed by atoms with Gasteiger partial charge in [-0.2, -0.15) is 0 Å². The van der Waals surface area contributed by atoms with Crippen LogP contribution in [0.4, 0.5) is 10.2 Å². The van der Waals surface area contributed by atoms with Crippen molar-refractivity contribution in [3.63, 3.8) is 0 Å². The molecule has 0 spiro atoms. The number of fused-ring (bicyclic) bond motifs is 1. The Balaban J connectivity index is 1.67. The van der Waals surface area contributed by atoms with Crippen molar-refractivity contribution in [2.24, 2.45) is 10.7 Å². The largest absolute Gasteiger partial charge is 0.488 e. The number of hydrogen-bond acceptors (Lipinski definition) is 6. The van der Waals surface area contributed by atoms with Gasteiger partial charge >= 0.3 is 0 Å². The second-order valence-electron chi connectivity index (χ2n) is 7.03. The molecule has 1 aromatic heterocycles. The van der Waals surface area contributed by atoms with E-state index in [0.29, 0.717) is 6.54 Å². The second kappa shape index (κ2) is 6.64. The highest BCUT2D eigenvalue weighted by molar-refractivity contribution is 6.14. The number of rotatable bonds is 4. The van der Waals surface area contributed by atoms with Crippen LogP contribution in [0.2, 0.25) is 0 Å². The Hall–Kier alpha value is -2.54. The topological polar surface area (TPSA) is 76.6 Å². The van der Waals surface area contributed by atoms with Crippen LogP contribution in [-0.4, -0.2) is 40.9 Å². The van der Waals surface area contributed by atoms with Crippen LogP contribution in [0.1, 0.15) is 37.1 Å². The first-order valence-electron chi connectivity index (χ1n) is 8.88. The lowest BCUT2D eigenvalue weighted by atomic mass is 10.0. The van der Waals surface area contributed by atoms with Crippen LogP contribution in [0.15, 0.2) is 29.5 Å². The average Bonchev–Trinajstić information content (AvgIpc) is 3.21. The molecule has 4 rings (SSSR count). The van der Waals surface area contributed by atoms with Crippen molar-refractivity contribution >= 4 is 11.5 Å². The minimum atomic E-state index is -0.358. The molecule has 0 radical (unpaired) electrons. The van der Waals surface area contributed by atoms with E-state index in [1.807, 2.05) is 19.9 Å². The van der Waals surface area contributed by atoms with Gasteiger partial charge in [-0.05, 0) is 38.0 Å². The molecule has 26 heavy (non-hydrogen) atoms. The number of aliphatic imine (C=N–C) groups is 1. The summed E-state index contributed by atoms with van der Waals surface area (Å²) >= 11 is 0.